The average molecular weight is 459 g/mol. The van der Waals surface area contributed by atoms with Gasteiger partial charge >= 0.3 is 0 Å². The summed E-state index contributed by atoms with van der Waals surface area (Å²) in [6.07, 6.45) is 4.15. The molecule has 5 heteroatoms. The van der Waals surface area contributed by atoms with E-state index in [1.165, 1.54) is 25.2 Å². The molecular formula is C28H31ClN4. The third kappa shape index (κ3) is 6.44. The van der Waals surface area contributed by atoms with Crippen molar-refractivity contribution < 1.29 is 0 Å². The Morgan fingerprint density at radius 2 is 1.82 bits per heavy atom. The molecule has 0 spiro atoms. The van der Waals surface area contributed by atoms with Crippen LogP contribution in [0.2, 0.25) is 5.02 Å². The molecular weight excluding hydrogens is 428 g/mol. The van der Waals surface area contributed by atoms with Crippen LogP contribution in [0.1, 0.15) is 30.9 Å². The van der Waals surface area contributed by atoms with E-state index in [2.05, 4.69) is 48.0 Å². The van der Waals surface area contributed by atoms with Gasteiger partial charge in [-0.3, -0.25) is 0 Å². The Bertz CT molecular complexity index is 1150. The molecule has 1 saturated heterocycles. The molecule has 1 aromatic heterocycles. The second-order valence-corrected chi connectivity index (χ2v) is 8.67. The summed E-state index contributed by atoms with van der Waals surface area (Å²) < 4.78 is 0. The van der Waals surface area contributed by atoms with Crippen LogP contribution in [0.3, 0.4) is 0 Å². The normalized spacial score (nSPS) is 13.7. The van der Waals surface area contributed by atoms with Gasteiger partial charge in [0.1, 0.15) is 0 Å². The minimum absolute atomic E-state index is 0.625. The van der Waals surface area contributed by atoms with E-state index in [0.717, 1.165) is 47.2 Å². The maximum absolute atomic E-state index is 8.85. The fourth-order valence-corrected chi connectivity index (χ4v) is 4.03. The molecule has 2 aromatic carbocycles. The summed E-state index contributed by atoms with van der Waals surface area (Å²) >= 11 is 6.35. The summed E-state index contributed by atoms with van der Waals surface area (Å²) in [6, 6.07) is 17.1. The van der Waals surface area contributed by atoms with Crippen LogP contribution in [0.5, 0.6) is 0 Å². The number of hydrogen-bond acceptors (Lipinski definition) is 4. The van der Waals surface area contributed by atoms with Crippen molar-refractivity contribution >= 4 is 28.6 Å². The second kappa shape index (κ2) is 11.7. The summed E-state index contributed by atoms with van der Waals surface area (Å²) in [4.78, 5) is 9.45. The highest BCUT2D eigenvalue weighted by Crippen LogP contribution is 2.29. The molecule has 0 bridgehead atoms. The first-order chi connectivity index (χ1) is 15.9. The van der Waals surface area contributed by atoms with E-state index in [1.54, 1.807) is 18.2 Å². The summed E-state index contributed by atoms with van der Waals surface area (Å²) in [5.74, 6) is 0. The van der Waals surface area contributed by atoms with Crippen molar-refractivity contribution in [2.75, 3.05) is 33.2 Å². The van der Waals surface area contributed by atoms with Gasteiger partial charge in [0.25, 0.3) is 0 Å². The molecule has 0 radical (unpaired) electrons. The molecule has 33 heavy (non-hydrogen) atoms. The Labute approximate surface area is 202 Å². The van der Waals surface area contributed by atoms with Crippen molar-refractivity contribution in [1.29, 1.82) is 5.26 Å². The standard InChI is InChI=1S/C18H11ClN2.C10H20N2/c1-2-12-5-8-15-16(19)10-17(21-18(15)9-12)14-6-3-13(11-20)4-7-14;1-4-5-10(2)12-8-6-11(3)7-9-12/h2-10H,1H2;2,4-9H2,1,3H3. The molecule has 0 saturated carbocycles. The van der Waals surface area contributed by atoms with E-state index in [4.69, 9.17) is 16.9 Å². The number of benzene rings is 2. The van der Waals surface area contributed by atoms with E-state index >= 15 is 0 Å². The van der Waals surface area contributed by atoms with Gasteiger partial charge in [0, 0.05) is 42.8 Å². The highest BCUT2D eigenvalue weighted by molar-refractivity contribution is 6.35. The number of piperazine rings is 1. The maximum Gasteiger partial charge on any atom is 0.0991 e. The molecule has 4 rings (SSSR count). The van der Waals surface area contributed by atoms with Crippen molar-refractivity contribution in [3.8, 4) is 17.3 Å². The summed E-state index contributed by atoms with van der Waals surface area (Å²) in [5, 5.41) is 10.4. The molecule has 4 nitrogen and oxygen atoms in total. The molecule has 2 heterocycles. The van der Waals surface area contributed by atoms with Crippen LogP contribution in [0.25, 0.3) is 28.2 Å². The summed E-state index contributed by atoms with van der Waals surface area (Å²) in [6.45, 7) is 14.8. The lowest BCUT2D eigenvalue weighted by Gasteiger charge is -2.35. The van der Waals surface area contributed by atoms with Crippen LogP contribution in [0.15, 0.2) is 67.4 Å². The van der Waals surface area contributed by atoms with Crippen LogP contribution in [0, 0.1) is 11.3 Å². The molecule has 0 unspecified atom stereocenters. The molecule has 0 amide bonds. The number of nitrogens with zero attached hydrogens (tertiary/aromatic N) is 4. The summed E-state index contributed by atoms with van der Waals surface area (Å²) in [7, 11) is 2.18. The largest absolute Gasteiger partial charge is 0.373 e. The number of likely N-dealkylation sites (N-methyl/N-ethyl adjacent to an activating group) is 1. The minimum Gasteiger partial charge on any atom is -0.373 e. The molecule has 3 aromatic rings. The average Bonchev–Trinajstić information content (AvgIpc) is 2.84. The fourth-order valence-electron chi connectivity index (χ4n) is 3.76. The predicted octanol–water partition coefficient (Wildman–Crippen LogP) is 6.62. The molecule has 170 valence electrons. The SMILES string of the molecule is C=C(CCC)N1CCN(C)CC1.C=Cc1ccc2c(Cl)cc(-c3ccc(C#N)cc3)nc2c1. The van der Waals surface area contributed by atoms with E-state index in [1.807, 2.05) is 36.4 Å². The molecule has 0 aliphatic carbocycles. The first-order valence-corrected chi connectivity index (χ1v) is 11.7. The van der Waals surface area contributed by atoms with Gasteiger partial charge in [0.2, 0.25) is 0 Å². The van der Waals surface area contributed by atoms with E-state index in [9.17, 15) is 0 Å². The number of nitriles is 1. The third-order valence-electron chi connectivity index (χ3n) is 5.82. The monoisotopic (exact) mass is 458 g/mol. The lowest BCUT2D eigenvalue weighted by atomic mass is 10.1. The van der Waals surface area contributed by atoms with Crippen LogP contribution >= 0.6 is 11.6 Å². The highest BCUT2D eigenvalue weighted by atomic mass is 35.5. The smallest absolute Gasteiger partial charge is 0.0991 e. The number of hydrogen-bond donors (Lipinski definition) is 0. The lowest BCUT2D eigenvalue weighted by molar-refractivity contribution is 0.183. The Kier molecular flexibility index (Phi) is 8.65. The molecule has 0 atom stereocenters. The quantitative estimate of drug-likeness (QED) is 0.431. The Balaban J connectivity index is 0.000000218. The highest BCUT2D eigenvalue weighted by Gasteiger charge is 2.13. The molecule has 1 aliphatic rings. The first-order valence-electron chi connectivity index (χ1n) is 11.3. The van der Waals surface area contributed by atoms with Gasteiger partial charge in [-0.1, -0.05) is 68.4 Å². The number of aromatic nitrogens is 1. The second-order valence-electron chi connectivity index (χ2n) is 8.27. The zero-order valence-electron chi connectivity index (χ0n) is 19.5. The van der Waals surface area contributed by atoms with E-state index in [0.29, 0.717) is 10.6 Å². The van der Waals surface area contributed by atoms with Gasteiger partial charge in [0.05, 0.1) is 27.9 Å². The first kappa shape index (κ1) is 24.5. The number of halogens is 1. The van der Waals surface area contributed by atoms with E-state index in [-0.39, 0.29) is 0 Å². The summed E-state index contributed by atoms with van der Waals surface area (Å²) in [5.41, 5.74) is 5.51. The number of fused-ring (bicyclic) bond motifs is 1. The van der Waals surface area contributed by atoms with Crippen molar-refractivity contribution in [2.45, 2.75) is 19.8 Å². The van der Waals surface area contributed by atoms with Crippen LogP contribution < -0.4 is 0 Å². The van der Waals surface area contributed by atoms with Gasteiger partial charge in [-0.15, -0.1) is 0 Å². The number of rotatable bonds is 5. The van der Waals surface area contributed by atoms with Crippen molar-refractivity contribution in [3.05, 3.63) is 83.5 Å². The zero-order chi connectivity index (χ0) is 23.8. The maximum atomic E-state index is 8.85. The number of allylic oxidation sites excluding steroid dienone is 1. The van der Waals surface area contributed by atoms with E-state index < -0.39 is 0 Å². The van der Waals surface area contributed by atoms with Crippen molar-refractivity contribution in [3.63, 3.8) is 0 Å². The molecule has 1 aliphatic heterocycles. The Hall–Kier alpha value is -3.13. The molecule has 1 fully saturated rings. The van der Waals surface area contributed by atoms with Crippen LogP contribution in [-0.4, -0.2) is 48.0 Å². The lowest BCUT2D eigenvalue weighted by Crippen LogP contribution is -2.43. The Morgan fingerprint density at radius 1 is 1.12 bits per heavy atom. The van der Waals surface area contributed by atoms with Gasteiger partial charge in [0.15, 0.2) is 0 Å². The van der Waals surface area contributed by atoms with Crippen LogP contribution in [0.4, 0.5) is 0 Å². The fraction of sp³-hybridized carbons (Fsp3) is 0.286. The topological polar surface area (TPSA) is 43.2 Å². The van der Waals surface area contributed by atoms with Crippen LogP contribution in [-0.2, 0) is 0 Å². The van der Waals surface area contributed by atoms with Crippen molar-refractivity contribution in [2.24, 2.45) is 0 Å². The zero-order valence-corrected chi connectivity index (χ0v) is 20.3. The van der Waals surface area contributed by atoms with Gasteiger partial charge in [-0.05, 0) is 43.3 Å². The van der Waals surface area contributed by atoms with Gasteiger partial charge in [-0.2, -0.15) is 5.26 Å². The predicted molar refractivity (Wildman–Crippen MR) is 140 cm³/mol. The van der Waals surface area contributed by atoms with Gasteiger partial charge < -0.3 is 9.80 Å². The minimum atomic E-state index is 0.625. The van der Waals surface area contributed by atoms with Crippen molar-refractivity contribution in [1.82, 2.24) is 14.8 Å². The third-order valence-corrected chi connectivity index (χ3v) is 6.13. The molecule has 0 N–H and O–H groups in total. The Morgan fingerprint density at radius 3 is 2.42 bits per heavy atom. The number of pyridine rings is 1. The van der Waals surface area contributed by atoms with Gasteiger partial charge in [-0.25, -0.2) is 4.98 Å².